The van der Waals surface area contributed by atoms with Crippen LogP contribution in [-0.4, -0.2) is 45.9 Å². The van der Waals surface area contributed by atoms with Gasteiger partial charge in [0.2, 0.25) is 0 Å². The highest BCUT2D eigenvalue weighted by molar-refractivity contribution is 7.17. The van der Waals surface area contributed by atoms with E-state index >= 15 is 0 Å². The summed E-state index contributed by atoms with van der Waals surface area (Å²) in [5, 5.41) is 14.4. The number of thiophene rings is 1. The fourth-order valence-corrected chi connectivity index (χ4v) is 4.80. The molecule has 0 unspecified atom stereocenters. The van der Waals surface area contributed by atoms with Crippen LogP contribution in [0.3, 0.4) is 0 Å². The maximum atomic E-state index is 11.5. The molecular weight excluding hydrogens is 464 g/mol. The van der Waals surface area contributed by atoms with Crippen LogP contribution >= 0.6 is 22.9 Å². The lowest BCUT2D eigenvalue weighted by Gasteiger charge is -2.11. The van der Waals surface area contributed by atoms with Crippen molar-refractivity contribution in [2.75, 3.05) is 25.6 Å². The van der Waals surface area contributed by atoms with E-state index < -0.39 is 5.97 Å². The van der Waals surface area contributed by atoms with Crippen LogP contribution < -0.4 is 14.8 Å². The maximum Gasteiger partial charge on any atom is 0.349 e. The predicted molar refractivity (Wildman–Crippen MR) is 130 cm³/mol. The fourth-order valence-electron chi connectivity index (χ4n) is 3.69. The minimum Gasteiger partial charge on any atom is -0.496 e. The van der Waals surface area contributed by atoms with Gasteiger partial charge in [0.15, 0.2) is 4.88 Å². The molecule has 0 bridgehead atoms. The van der Waals surface area contributed by atoms with E-state index in [0.717, 1.165) is 33.7 Å². The van der Waals surface area contributed by atoms with Crippen LogP contribution in [0.1, 0.15) is 22.3 Å². The van der Waals surface area contributed by atoms with Crippen molar-refractivity contribution in [1.29, 1.82) is 0 Å². The molecule has 10 heteroatoms. The molecule has 172 valence electrons. The van der Waals surface area contributed by atoms with Gasteiger partial charge in [0.05, 0.1) is 29.8 Å². The van der Waals surface area contributed by atoms with Gasteiger partial charge in [0.25, 0.3) is 0 Å². The number of anilines is 1. The zero-order valence-electron chi connectivity index (χ0n) is 18.4. The van der Waals surface area contributed by atoms with E-state index in [9.17, 15) is 9.90 Å². The molecule has 0 aliphatic heterocycles. The van der Waals surface area contributed by atoms with Crippen molar-refractivity contribution in [3.8, 4) is 22.1 Å². The van der Waals surface area contributed by atoms with Gasteiger partial charge in [0.1, 0.15) is 23.6 Å². The Balaban J connectivity index is 1.52. The van der Waals surface area contributed by atoms with Crippen LogP contribution in [-0.2, 0) is 6.54 Å². The minimum absolute atomic E-state index is 0.157. The van der Waals surface area contributed by atoms with Crippen molar-refractivity contribution in [3.05, 3.63) is 52.3 Å². The third-order valence-electron chi connectivity index (χ3n) is 5.13. The lowest BCUT2D eigenvalue weighted by atomic mass is 10.2. The number of carboxylic acids is 1. The molecule has 0 radical (unpaired) electrons. The van der Waals surface area contributed by atoms with Crippen molar-refractivity contribution in [3.63, 3.8) is 0 Å². The fraction of sp³-hybridized carbons (Fsp3) is 0.261. The van der Waals surface area contributed by atoms with E-state index in [1.807, 2.05) is 26.0 Å². The smallest absolute Gasteiger partial charge is 0.349 e. The number of halogens is 1. The highest BCUT2D eigenvalue weighted by Crippen LogP contribution is 2.36. The maximum absolute atomic E-state index is 11.5. The molecule has 2 N–H and O–H groups in total. The molecule has 8 nitrogen and oxygen atoms in total. The number of ether oxygens (including phenoxy) is 2. The molecule has 3 aromatic heterocycles. The molecule has 4 aromatic rings. The molecule has 0 fully saturated rings. The van der Waals surface area contributed by atoms with Crippen LogP contribution in [0.4, 0.5) is 5.82 Å². The summed E-state index contributed by atoms with van der Waals surface area (Å²) in [6, 6.07) is 9.33. The first-order valence-electron chi connectivity index (χ1n) is 10.3. The van der Waals surface area contributed by atoms with Crippen LogP contribution in [0, 0.1) is 6.92 Å². The van der Waals surface area contributed by atoms with Gasteiger partial charge in [-0.3, -0.25) is 0 Å². The number of nitrogens with zero attached hydrogens (tertiary/aromatic N) is 3. The lowest BCUT2D eigenvalue weighted by Crippen LogP contribution is -2.12. The van der Waals surface area contributed by atoms with E-state index in [4.69, 9.17) is 21.1 Å². The molecule has 0 spiro atoms. The van der Waals surface area contributed by atoms with Crippen LogP contribution in [0.15, 0.2) is 36.7 Å². The second-order valence-corrected chi connectivity index (χ2v) is 8.72. The number of rotatable bonds is 9. The highest BCUT2D eigenvalue weighted by atomic mass is 35.5. The summed E-state index contributed by atoms with van der Waals surface area (Å²) >= 11 is 7.40. The first kappa shape index (κ1) is 22.9. The number of carbonyl (C=O) groups is 1. The molecular formula is C23H23ClN4O4S. The van der Waals surface area contributed by atoms with E-state index in [1.54, 1.807) is 19.2 Å². The number of methoxy groups -OCH3 is 1. The quantitative estimate of drug-likeness (QED) is 0.329. The van der Waals surface area contributed by atoms with Crippen molar-refractivity contribution < 1.29 is 19.4 Å². The predicted octanol–water partition coefficient (Wildman–Crippen LogP) is 5.34. The summed E-state index contributed by atoms with van der Waals surface area (Å²) in [7, 11) is 1.64. The molecule has 0 aliphatic rings. The Morgan fingerprint density at radius 3 is 2.76 bits per heavy atom. The van der Waals surface area contributed by atoms with Gasteiger partial charge in [-0.25, -0.2) is 14.8 Å². The SMILES string of the molecule is CCOc1cc(-c2cc(NCCn3c(C)cc4c(OC)cc(Cl)cc43)ncn2)sc1C(=O)O. The van der Waals surface area contributed by atoms with Crippen molar-refractivity contribution in [1.82, 2.24) is 14.5 Å². The lowest BCUT2D eigenvalue weighted by molar-refractivity contribution is 0.0698. The molecule has 3 heterocycles. The first-order chi connectivity index (χ1) is 15.9. The van der Waals surface area contributed by atoms with E-state index in [-0.39, 0.29) is 4.88 Å². The summed E-state index contributed by atoms with van der Waals surface area (Å²) in [6.07, 6.45) is 1.46. The number of fused-ring (bicyclic) bond motifs is 1. The third kappa shape index (κ3) is 4.74. The average Bonchev–Trinajstić information content (AvgIpc) is 3.35. The van der Waals surface area contributed by atoms with Crippen LogP contribution in [0.2, 0.25) is 5.02 Å². The van der Waals surface area contributed by atoms with E-state index in [2.05, 4.69) is 25.9 Å². The van der Waals surface area contributed by atoms with Crippen LogP contribution in [0.25, 0.3) is 21.5 Å². The molecule has 1 aromatic carbocycles. The van der Waals surface area contributed by atoms with Gasteiger partial charge in [-0.2, -0.15) is 0 Å². The molecule has 33 heavy (non-hydrogen) atoms. The standard InChI is InChI=1S/C23H23ClN4O4S/c1-4-32-19-11-20(33-22(19)23(29)30)16-10-21(27-12-26-16)25-5-6-28-13(2)7-15-17(28)8-14(24)9-18(15)31-3/h7-12H,4-6H2,1-3H3,(H,29,30)(H,25,26,27). The monoisotopic (exact) mass is 486 g/mol. The van der Waals surface area contributed by atoms with Crippen LogP contribution in [0.5, 0.6) is 11.5 Å². The average molecular weight is 487 g/mol. The number of carboxylic acid groups (broad SMARTS) is 1. The molecule has 0 aliphatic carbocycles. The minimum atomic E-state index is -1.02. The van der Waals surface area contributed by atoms with Gasteiger partial charge in [-0.1, -0.05) is 11.6 Å². The van der Waals surface area contributed by atoms with Gasteiger partial charge in [-0.15, -0.1) is 11.3 Å². The number of benzene rings is 1. The molecule has 0 atom stereocenters. The Morgan fingerprint density at radius 1 is 1.21 bits per heavy atom. The largest absolute Gasteiger partial charge is 0.496 e. The number of aryl methyl sites for hydroxylation is 1. The van der Waals surface area contributed by atoms with Gasteiger partial charge >= 0.3 is 5.97 Å². The van der Waals surface area contributed by atoms with E-state index in [1.165, 1.54) is 6.33 Å². The number of aromatic nitrogens is 3. The Labute approximate surface area is 199 Å². The number of hydrogen-bond donors (Lipinski definition) is 2. The Kier molecular flexibility index (Phi) is 6.71. The van der Waals surface area contributed by atoms with Crippen molar-refractivity contribution >= 4 is 45.6 Å². The summed E-state index contributed by atoms with van der Waals surface area (Å²) in [6.45, 7) is 5.55. The Bertz CT molecular complexity index is 1320. The van der Waals surface area contributed by atoms with Gasteiger partial charge in [0, 0.05) is 41.3 Å². The van der Waals surface area contributed by atoms with Crippen molar-refractivity contribution in [2.45, 2.75) is 20.4 Å². The number of hydrogen-bond acceptors (Lipinski definition) is 7. The molecule has 0 saturated carbocycles. The Hall–Kier alpha value is -3.30. The first-order valence-corrected chi connectivity index (χ1v) is 11.5. The van der Waals surface area contributed by atoms with Gasteiger partial charge in [-0.05, 0) is 32.0 Å². The summed E-state index contributed by atoms with van der Waals surface area (Å²) in [5.41, 5.74) is 2.73. The summed E-state index contributed by atoms with van der Waals surface area (Å²) in [4.78, 5) is 21.0. The van der Waals surface area contributed by atoms with E-state index in [0.29, 0.717) is 46.9 Å². The zero-order chi connectivity index (χ0) is 23.5. The number of nitrogens with one attached hydrogen (secondary N) is 1. The van der Waals surface area contributed by atoms with Gasteiger partial charge < -0.3 is 24.5 Å². The summed E-state index contributed by atoms with van der Waals surface area (Å²) in [5.74, 6) is 0.721. The zero-order valence-corrected chi connectivity index (χ0v) is 20.0. The Morgan fingerprint density at radius 2 is 2.03 bits per heavy atom. The summed E-state index contributed by atoms with van der Waals surface area (Å²) < 4.78 is 13.1. The normalized spacial score (nSPS) is 11.0. The molecule has 0 saturated heterocycles. The third-order valence-corrected chi connectivity index (χ3v) is 6.47. The topological polar surface area (TPSA) is 98.5 Å². The molecule has 0 amide bonds. The second kappa shape index (κ2) is 9.68. The number of aromatic carboxylic acids is 1. The second-order valence-electron chi connectivity index (χ2n) is 7.24. The molecule has 4 rings (SSSR count). The highest BCUT2D eigenvalue weighted by Gasteiger charge is 2.18. The van der Waals surface area contributed by atoms with Crippen molar-refractivity contribution in [2.24, 2.45) is 0 Å².